The van der Waals surface area contributed by atoms with Gasteiger partial charge in [0.1, 0.15) is 0 Å². The lowest BCUT2D eigenvalue weighted by Crippen LogP contribution is -2.50. The van der Waals surface area contributed by atoms with Crippen molar-refractivity contribution in [1.82, 2.24) is 20.5 Å². The summed E-state index contributed by atoms with van der Waals surface area (Å²) in [6.07, 6.45) is 4.00. The van der Waals surface area contributed by atoms with Crippen molar-refractivity contribution < 1.29 is 14.3 Å². The largest absolute Gasteiger partial charge is 0.379 e. The van der Waals surface area contributed by atoms with Crippen molar-refractivity contribution in [2.45, 2.75) is 44.9 Å². The molecule has 1 aliphatic rings. The normalized spacial score (nSPS) is 20.9. The van der Waals surface area contributed by atoms with E-state index in [1.54, 1.807) is 23.0 Å². The highest BCUT2D eigenvalue weighted by Gasteiger charge is 2.29. The first kappa shape index (κ1) is 17.1. The lowest BCUT2D eigenvalue weighted by molar-refractivity contribution is -0.0611. The van der Waals surface area contributed by atoms with E-state index in [1.807, 2.05) is 5.38 Å². The Morgan fingerprint density at radius 2 is 2.50 bits per heavy atom. The molecule has 2 aromatic heterocycles. The van der Waals surface area contributed by atoms with E-state index in [0.717, 1.165) is 30.7 Å². The summed E-state index contributed by atoms with van der Waals surface area (Å²) in [5.41, 5.74) is 4.17. The van der Waals surface area contributed by atoms with E-state index < -0.39 is 0 Å². The van der Waals surface area contributed by atoms with E-state index in [0.29, 0.717) is 25.4 Å². The lowest BCUT2D eigenvalue weighted by atomic mass is 10.1. The topological polar surface area (TPSA) is 89.1 Å². The van der Waals surface area contributed by atoms with Crippen LogP contribution in [0.2, 0.25) is 0 Å². The zero-order valence-corrected chi connectivity index (χ0v) is 14.5. The van der Waals surface area contributed by atoms with Crippen LogP contribution in [0.3, 0.4) is 0 Å². The first-order chi connectivity index (χ1) is 11.8. The Kier molecular flexibility index (Phi) is 5.95. The molecular weight excluding hydrogens is 328 g/mol. The fourth-order valence-electron chi connectivity index (χ4n) is 2.75. The summed E-state index contributed by atoms with van der Waals surface area (Å²) >= 11 is 1.55. The maximum absolute atomic E-state index is 12.6. The van der Waals surface area contributed by atoms with Gasteiger partial charge in [-0.1, -0.05) is 13.3 Å². The number of thiazole rings is 1. The molecule has 0 aliphatic carbocycles. The zero-order chi connectivity index (χ0) is 16.8. The monoisotopic (exact) mass is 350 g/mol. The van der Waals surface area contributed by atoms with Crippen LogP contribution < -0.4 is 5.32 Å². The second kappa shape index (κ2) is 8.36. The fourth-order valence-corrected chi connectivity index (χ4v) is 3.29. The van der Waals surface area contributed by atoms with Gasteiger partial charge in [0.2, 0.25) is 0 Å². The van der Waals surface area contributed by atoms with Gasteiger partial charge in [-0.2, -0.15) is 5.10 Å². The van der Waals surface area contributed by atoms with Crippen LogP contribution in [-0.4, -0.2) is 46.4 Å². The van der Waals surface area contributed by atoms with Crippen LogP contribution in [0.15, 0.2) is 17.1 Å². The highest BCUT2D eigenvalue weighted by Crippen LogP contribution is 2.16. The third kappa shape index (κ3) is 4.19. The standard InChI is InChI=1S/C16H22N4O3S/c1-2-3-13-12(6-18-20-13)16(21)19-14-8-22-5-4-15(14)23-7-11-9-24-10-17-11/h6,9-10,14-15H,2-5,7-8H2,1H3,(H,18,20)(H,19,21)/t14-,15+/m1/s1. The van der Waals surface area contributed by atoms with Gasteiger partial charge in [-0.15, -0.1) is 11.3 Å². The van der Waals surface area contributed by atoms with Crippen molar-refractivity contribution in [3.63, 3.8) is 0 Å². The highest BCUT2D eigenvalue weighted by molar-refractivity contribution is 7.07. The number of rotatable bonds is 7. The molecular formula is C16H22N4O3S. The Bertz CT molecular complexity index is 644. The summed E-state index contributed by atoms with van der Waals surface area (Å²) in [4.78, 5) is 16.8. The van der Waals surface area contributed by atoms with Crippen molar-refractivity contribution in [3.8, 4) is 0 Å². The molecule has 2 atom stereocenters. The first-order valence-corrected chi connectivity index (χ1v) is 9.11. The Labute approximate surface area is 144 Å². The van der Waals surface area contributed by atoms with Crippen molar-refractivity contribution >= 4 is 17.2 Å². The second-order valence-corrected chi connectivity index (χ2v) is 6.50. The van der Waals surface area contributed by atoms with Crippen molar-refractivity contribution in [2.24, 2.45) is 0 Å². The molecule has 130 valence electrons. The summed E-state index contributed by atoms with van der Waals surface area (Å²) in [5, 5.41) is 11.9. The minimum Gasteiger partial charge on any atom is -0.379 e. The molecule has 0 aromatic carbocycles. The molecule has 2 aromatic rings. The number of ether oxygens (including phenoxy) is 2. The second-order valence-electron chi connectivity index (χ2n) is 5.79. The third-order valence-corrected chi connectivity index (χ3v) is 4.64. The van der Waals surface area contributed by atoms with Gasteiger partial charge in [0.15, 0.2) is 0 Å². The van der Waals surface area contributed by atoms with Gasteiger partial charge in [-0.25, -0.2) is 4.98 Å². The minimum absolute atomic E-state index is 0.0778. The molecule has 1 saturated heterocycles. The molecule has 0 unspecified atom stereocenters. The summed E-state index contributed by atoms with van der Waals surface area (Å²) in [5.74, 6) is -0.134. The van der Waals surface area contributed by atoms with Crippen LogP contribution >= 0.6 is 11.3 Å². The summed E-state index contributed by atoms with van der Waals surface area (Å²) in [6, 6.07) is -0.172. The maximum Gasteiger partial charge on any atom is 0.255 e. The van der Waals surface area contributed by atoms with E-state index in [9.17, 15) is 4.79 Å². The molecule has 0 radical (unpaired) electrons. The molecule has 1 amide bonds. The summed E-state index contributed by atoms with van der Waals surface area (Å²) in [7, 11) is 0. The molecule has 0 saturated carbocycles. The number of amides is 1. The summed E-state index contributed by atoms with van der Waals surface area (Å²) in [6.45, 7) is 3.61. The molecule has 3 rings (SSSR count). The van der Waals surface area contributed by atoms with E-state index in [-0.39, 0.29) is 18.1 Å². The average molecular weight is 350 g/mol. The van der Waals surface area contributed by atoms with Crippen LogP contribution in [0.4, 0.5) is 0 Å². The molecule has 0 bridgehead atoms. The van der Waals surface area contributed by atoms with E-state index in [2.05, 4.69) is 27.4 Å². The van der Waals surface area contributed by atoms with Crippen molar-refractivity contribution in [2.75, 3.05) is 13.2 Å². The number of hydrogen-bond acceptors (Lipinski definition) is 6. The fraction of sp³-hybridized carbons (Fsp3) is 0.562. The highest BCUT2D eigenvalue weighted by atomic mass is 32.1. The number of nitrogens with zero attached hydrogens (tertiary/aromatic N) is 2. The Morgan fingerprint density at radius 3 is 3.29 bits per heavy atom. The smallest absolute Gasteiger partial charge is 0.255 e. The number of carbonyl (C=O) groups excluding carboxylic acids is 1. The van der Waals surface area contributed by atoms with Crippen LogP contribution in [0.5, 0.6) is 0 Å². The number of aryl methyl sites for hydroxylation is 1. The van der Waals surface area contributed by atoms with Gasteiger partial charge in [0.05, 0.1) is 48.3 Å². The molecule has 8 heteroatoms. The molecule has 2 N–H and O–H groups in total. The van der Waals surface area contributed by atoms with Crippen molar-refractivity contribution in [3.05, 3.63) is 34.0 Å². The number of carbonyl (C=O) groups is 1. The number of aromatic amines is 1. The van der Waals surface area contributed by atoms with Crippen LogP contribution in [-0.2, 0) is 22.5 Å². The molecule has 1 fully saturated rings. The number of nitrogens with one attached hydrogen (secondary N) is 2. The van der Waals surface area contributed by atoms with Gasteiger partial charge in [-0.3, -0.25) is 9.89 Å². The predicted octanol–water partition coefficient (Wildman–Crippen LogP) is 1.92. The SMILES string of the molecule is CCCc1[nH]ncc1C(=O)N[C@@H]1COCC[C@@H]1OCc1cscn1. The van der Waals surface area contributed by atoms with Gasteiger partial charge < -0.3 is 14.8 Å². The van der Waals surface area contributed by atoms with Crippen LogP contribution in [0.25, 0.3) is 0 Å². The molecule has 7 nitrogen and oxygen atoms in total. The lowest BCUT2D eigenvalue weighted by Gasteiger charge is -2.31. The molecule has 0 spiro atoms. The quantitative estimate of drug-likeness (QED) is 0.796. The van der Waals surface area contributed by atoms with E-state index in [4.69, 9.17) is 9.47 Å². The minimum atomic E-state index is -0.172. The summed E-state index contributed by atoms with van der Waals surface area (Å²) < 4.78 is 11.5. The zero-order valence-electron chi connectivity index (χ0n) is 13.7. The molecule has 24 heavy (non-hydrogen) atoms. The molecule has 3 heterocycles. The Morgan fingerprint density at radius 1 is 1.58 bits per heavy atom. The third-order valence-electron chi connectivity index (χ3n) is 4.00. The van der Waals surface area contributed by atoms with E-state index >= 15 is 0 Å². The number of H-pyrrole nitrogens is 1. The Hall–Kier alpha value is -1.77. The number of aromatic nitrogens is 3. The van der Waals surface area contributed by atoms with E-state index in [1.165, 1.54) is 0 Å². The predicted molar refractivity (Wildman–Crippen MR) is 90.0 cm³/mol. The number of hydrogen-bond donors (Lipinski definition) is 2. The van der Waals surface area contributed by atoms with Crippen molar-refractivity contribution in [1.29, 1.82) is 0 Å². The van der Waals surface area contributed by atoms with Gasteiger partial charge in [-0.05, 0) is 12.8 Å². The van der Waals surface area contributed by atoms with Gasteiger partial charge in [0.25, 0.3) is 5.91 Å². The van der Waals surface area contributed by atoms with Crippen LogP contribution in [0, 0.1) is 0 Å². The maximum atomic E-state index is 12.6. The van der Waals surface area contributed by atoms with Gasteiger partial charge >= 0.3 is 0 Å². The van der Waals surface area contributed by atoms with Crippen LogP contribution in [0.1, 0.15) is 41.5 Å². The average Bonchev–Trinajstić information content (AvgIpc) is 3.26. The Balaban J connectivity index is 1.60. The molecule has 1 aliphatic heterocycles. The van der Waals surface area contributed by atoms with Gasteiger partial charge in [0, 0.05) is 17.7 Å². The first-order valence-electron chi connectivity index (χ1n) is 8.17.